The molecule has 3 N–H and O–H groups in total. The number of amides is 1. The van der Waals surface area contributed by atoms with E-state index in [1.54, 1.807) is 0 Å². The van der Waals surface area contributed by atoms with Crippen molar-refractivity contribution in [2.75, 3.05) is 18.5 Å². The maximum Gasteiger partial charge on any atom is 0.262 e. The smallest absolute Gasteiger partial charge is 0.262 e. The van der Waals surface area contributed by atoms with Gasteiger partial charge in [0, 0.05) is 6.54 Å². The molecule has 1 aromatic carbocycles. The normalized spacial score (nSPS) is 16.2. The molecule has 0 radical (unpaired) electrons. The molecule has 0 fully saturated rings. The van der Waals surface area contributed by atoms with Crippen LogP contribution in [0.25, 0.3) is 0 Å². The first-order valence-corrected chi connectivity index (χ1v) is 7.11. The van der Waals surface area contributed by atoms with Gasteiger partial charge in [0.1, 0.15) is 5.75 Å². The van der Waals surface area contributed by atoms with Crippen molar-refractivity contribution in [3.8, 4) is 5.75 Å². The highest BCUT2D eigenvalue weighted by atomic mass is 32.2. The molecule has 1 atom stereocenters. The second-order valence-electron chi connectivity index (χ2n) is 4.20. The van der Waals surface area contributed by atoms with Crippen LogP contribution in [0.1, 0.15) is 6.92 Å². The molecule has 0 unspecified atom stereocenters. The fourth-order valence-electron chi connectivity index (χ4n) is 1.54. The summed E-state index contributed by atoms with van der Waals surface area (Å²) in [5.74, 6) is 0.0908. The van der Waals surface area contributed by atoms with Gasteiger partial charge < -0.3 is 15.2 Å². The second kappa shape index (κ2) is 5.16. The molecule has 8 heteroatoms. The highest BCUT2D eigenvalue weighted by Crippen LogP contribution is 2.29. The van der Waals surface area contributed by atoms with Gasteiger partial charge in [0.05, 0.1) is 16.7 Å². The topological polar surface area (TPSA) is 105 Å². The van der Waals surface area contributed by atoms with Crippen molar-refractivity contribution >= 4 is 21.6 Å². The van der Waals surface area contributed by atoms with Gasteiger partial charge in [-0.15, -0.1) is 0 Å². The van der Waals surface area contributed by atoms with E-state index in [2.05, 4.69) is 10.0 Å². The first kappa shape index (κ1) is 13.8. The Kier molecular flexibility index (Phi) is 3.74. The average Bonchev–Trinajstić information content (AvgIpc) is 2.35. The van der Waals surface area contributed by atoms with Gasteiger partial charge >= 0.3 is 0 Å². The molecule has 0 aliphatic carbocycles. The van der Waals surface area contributed by atoms with Crippen molar-refractivity contribution in [3.63, 3.8) is 0 Å². The number of hydrogen-bond acceptors (Lipinski definition) is 5. The third-order valence-electron chi connectivity index (χ3n) is 2.46. The number of aliphatic hydroxyl groups is 1. The summed E-state index contributed by atoms with van der Waals surface area (Å²) in [6.45, 7) is 1.31. The molecule has 0 saturated heterocycles. The van der Waals surface area contributed by atoms with E-state index in [9.17, 15) is 13.2 Å². The summed E-state index contributed by atoms with van der Waals surface area (Å²) in [5.41, 5.74) is 0.316. The molecular weight excluding hydrogens is 272 g/mol. The molecule has 0 aromatic heterocycles. The lowest BCUT2D eigenvalue weighted by atomic mass is 10.2. The standard InChI is InChI=1S/C11H14N2O5S/c1-7(14)5-12-19(16,17)8-2-3-10-9(4-8)13-11(15)6-18-10/h2-4,7,12,14H,5-6H2,1H3,(H,13,15)/t7-/m0/s1. The van der Waals surface area contributed by atoms with Crippen LogP contribution >= 0.6 is 0 Å². The van der Waals surface area contributed by atoms with E-state index >= 15 is 0 Å². The lowest BCUT2D eigenvalue weighted by Gasteiger charge is -2.18. The van der Waals surface area contributed by atoms with Crippen LogP contribution in [0.4, 0.5) is 5.69 Å². The maximum absolute atomic E-state index is 11.9. The third kappa shape index (κ3) is 3.22. The van der Waals surface area contributed by atoms with Crippen LogP contribution in [-0.4, -0.2) is 38.7 Å². The van der Waals surface area contributed by atoms with Gasteiger partial charge in [0.25, 0.3) is 5.91 Å². The first-order valence-electron chi connectivity index (χ1n) is 5.63. The Hall–Kier alpha value is -1.64. The largest absolute Gasteiger partial charge is 0.482 e. The molecule has 1 aromatic rings. The fourth-order valence-corrected chi connectivity index (χ4v) is 2.69. The zero-order chi connectivity index (χ0) is 14.0. The molecule has 0 spiro atoms. The molecule has 1 amide bonds. The zero-order valence-electron chi connectivity index (χ0n) is 10.2. The second-order valence-corrected chi connectivity index (χ2v) is 5.96. The number of rotatable bonds is 4. The minimum absolute atomic E-state index is 0.00213. The van der Waals surface area contributed by atoms with Crippen LogP contribution in [-0.2, 0) is 14.8 Å². The molecule has 19 heavy (non-hydrogen) atoms. The lowest BCUT2D eigenvalue weighted by Crippen LogP contribution is -2.31. The Balaban J connectivity index is 2.26. The third-order valence-corrected chi connectivity index (χ3v) is 3.88. The monoisotopic (exact) mass is 286 g/mol. The molecule has 0 bridgehead atoms. The summed E-state index contributed by atoms with van der Waals surface area (Å²) in [5, 5.41) is 11.6. The molecule has 2 rings (SSSR count). The van der Waals surface area contributed by atoms with E-state index in [0.29, 0.717) is 11.4 Å². The predicted octanol–water partition coefficient (Wildman–Crippen LogP) is -0.323. The van der Waals surface area contributed by atoms with Gasteiger partial charge in [-0.05, 0) is 25.1 Å². The van der Waals surface area contributed by atoms with Crippen molar-refractivity contribution in [2.45, 2.75) is 17.9 Å². The molecule has 1 aliphatic rings. The number of carbonyl (C=O) groups excluding carboxylic acids is 1. The fraction of sp³-hybridized carbons (Fsp3) is 0.364. The summed E-state index contributed by atoms with van der Waals surface area (Å²) in [6, 6.07) is 4.17. The summed E-state index contributed by atoms with van der Waals surface area (Å²) < 4.78 is 31.3. The Bertz CT molecular complexity index is 597. The maximum atomic E-state index is 11.9. The van der Waals surface area contributed by atoms with E-state index in [1.807, 2.05) is 0 Å². The summed E-state index contributed by atoms with van der Waals surface area (Å²) in [4.78, 5) is 11.2. The number of nitrogens with one attached hydrogen (secondary N) is 2. The van der Waals surface area contributed by atoms with E-state index in [0.717, 1.165) is 0 Å². The van der Waals surface area contributed by atoms with Gasteiger partial charge in [-0.1, -0.05) is 0 Å². The number of ether oxygens (including phenoxy) is 1. The zero-order valence-corrected chi connectivity index (χ0v) is 11.0. The van der Waals surface area contributed by atoms with Crippen molar-refractivity contribution in [1.82, 2.24) is 4.72 Å². The van der Waals surface area contributed by atoms with Crippen molar-refractivity contribution in [2.24, 2.45) is 0 Å². The van der Waals surface area contributed by atoms with E-state index < -0.39 is 16.1 Å². The van der Waals surface area contributed by atoms with Gasteiger partial charge in [-0.25, -0.2) is 13.1 Å². The molecule has 0 saturated carbocycles. The van der Waals surface area contributed by atoms with Crippen molar-refractivity contribution in [1.29, 1.82) is 0 Å². The van der Waals surface area contributed by atoms with E-state index in [4.69, 9.17) is 9.84 Å². The van der Waals surface area contributed by atoms with Gasteiger partial charge in [-0.3, -0.25) is 4.79 Å². The summed E-state index contributed by atoms with van der Waals surface area (Å²) in [7, 11) is -3.72. The van der Waals surface area contributed by atoms with Crippen molar-refractivity contribution in [3.05, 3.63) is 18.2 Å². The highest BCUT2D eigenvalue weighted by molar-refractivity contribution is 7.89. The quantitative estimate of drug-likeness (QED) is 0.703. The van der Waals surface area contributed by atoms with Crippen molar-refractivity contribution < 1.29 is 23.1 Å². The Labute approximate surface area is 110 Å². The molecule has 104 valence electrons. The van der Waals surface area contributed by atoms with Crippen LogP contribution < -0.4 is 14.8 Å². The van der Waals surface area contributed by atoms with Gasteiger partial charge in [0.15, 0.2) is 6.61 Å². The van der Waals surface area contributed by atoms with Crippen LogP contribution in [0.2, 0.25) is 0 Å². The van der Waals surface area contributed by atoms with Crippen LogP contribution in [0, 0.1) is 0 Å². The number of benzene rings is 1. The Morgan fingerprint density at radius 3 is 2.95 bits per heavy atom. The SMILES string of the molecule is C[C@H](O)CNS(=O)(=O)c1ccc2c(c1)NC(=O)CO2. The number of sulfonamides is 1. The first-order chi connectivity index (χ1) is 8.88. The van der Waals surface area contributed by atoms with Gasteiger partial charge in [-0.2, -0.15) is 0 Å². The number of fused-ring (bicyclic) bond motifs is 1. The number of anilines is 1. The minimum Gasteiger partial charge on any atom is -0.482 e. The van der Waals surface area contributed by atoms with Crippen LogP contribution in [0.5, 0.6) is 5.75 Å². The predicted molar refractivity (Wildman–Crippen MR) is 67.4 cm³/mol. The molecule has 7 nitrogen and oxygen atoms in total. The molecule has 1 aliphatic heterocycles. The number of carbonyl (C=O) groups is 1. The lowest BCUT2D eigenvalue weighted by molar-refractivity contribution is -0.118. The summed E-state index contributed by atoms with van der Waals surface area (Å²) >= 11 is 0. The van der Waals surface area contributed by atoms with E-state index in [1.165, 1.54) is 25.1 Å². The number of aliphatic hydroxyl groups excluding tert-OH is 1. The highest BCUT2D eigenvalue weighted by Gasteiger charge is 2.20. The molecular formula is C11H14N2O5S. The average molecular weight is 286 g/mol. The summed E-state index contributed by atoms with van der Waals surface area (Å²) in [6.07, 6.45) is -0.782. The van der Waals surface area contributed by atoms with Crippen LogP contribution in [0.15, 0.2) is 23.1 Å². The molecule has 1 heterocycles. The van der Waals surface area contributed by atoms with E-state index in [-0.39, 0.29) is 24.0 Å². The van der Waals surface area contributed by atoms with Crippen LogP contribution in [0.3, 0.4) is 0 Å². The number of hydrogen-bond donors (Lipinski definition) is 3. The Morgan fingerprint density at radius 2 is 2.26 bits per heavy atom. The van der Waals surface area contributed by atoms with Gasteiger partial charge in [0.2, 0.25) is 10.0 Å². The Morgan fingerprint density at radius 1 is 1.53 bits per heavy atom. The minimum atomic E-state index is -3.72.